The van der Waals surface area contributed by atoms with Crippen LogP contribution < -0.4 is 21.7 Å². The molecule has 23 heavy (non-hydrogen) atoms. The Bertz CT molecular complexity index is 609. The predicted octanol–water partition coefficient (Wildman–Crippen LogP) is 1.39. The number of nitrogen functional groups attached to an aromatic ring is 1. The van der Waals surface area contributed by atoms with Gasteiger partial charge in [0.05, 0.1) is 12.4 Å². The minimum Gasteiger partial charge on any atom is -0.382 e. The molecule has 8 nitrogen and oxygen atoms in total. The number of aromatic nitrogens is 4. The lowest BCUT2D eigenvalue weighted by Crippen LogP contribution is -2.28. The minimum absolute atomic E-state index is 0.388. The van der Waals surface area contributed by atoms with Gasteiger partial charge in [-0.2, -0.15) is 0 Å². The molecule has 0 aliphatic carbocycles. The van der Waals surface area contributed by atoms with Crippen LogP contribution in [0.4, 0.5) is 23.3 Å². The third-order valence-corrected chi connectivity index (χ3v) is 3.91. The zero-order valence-corrected chi connectivity index (χ0v) is 13.0. The zero-order chi connectivity index (χ0) is 15.9. The molecule has 0 unspecified atom stereocenters. The van der Waals surface area contributed by atoms with E-state index in [2.05, 4.69) is 35.9 Å². The largest absolute Gasteiger partial charge is 0.382 e. The molecule has 5 N–H and O–H groups in total. The highest BCUT2D eigenvalue weighted by Gasteiger charge is 2.12. The molecule has 1 aliphatic heterocycles. The van der Waals surface area contributed by atoms with Crippen molar-refractivity contribution in [3.8, 4) is 0 Å². The third kappa shape index (κ3) is 4.75. The van der Waals surface area contributed by atoms with Crippen LogP contribution >= 0.6 is 0 Å². The number of nitrogens with two attached hydrogens (primary N) is 1. The second kappa shape index (κ2) is 7.68. The third-order valence-electron chi connectivity index (χ3n) is 3.91. The normalized spacial score (nSPS) is 15.3. The molecular weight excluding hydrogens is 292 g/mol. The molecule has 1 saturated heterocycles. The van der Waals surface area contributed by atoms with Crippen LogP contribution in [0.3, 0.4) is 0 Å². The molecule has 0 atom stereocenters. The molecule has 3 rings (SSSR count). The molecular formula is C15H22N8. The van der Waals surface area contributed by atoms with Crippen molar-refractivity contribution in [1.82, 2.24) is 25.3 Å². The van der Waals surface area contributed by atoms with Crippen LogP contribution in [0.2, 0.25) is 0 Å². The van der Waals surface area contributed by atoms with Crippen molar-refractivity contribution in [2.75, 3.05) is 36.0 Å². The molecule has 0 aromatic carbocycles. The smallest absolute Gasteiger partial charge is 0.150 e. The number of anilines is 4. The Morgan fingerprint density at radius 1 is 1.04 bits per heavy atom. The van der Waals surface area contributed by atoms with Gasteiger partial charge < -0.3 is 21.7 Å². The van der Waals surface area contributed by atoms with Gasteiger partial charge in [-0.15, -0.1) is 0 Å². The van der Waals surface area contributed by atoms with Gasteiger partial charge >= 0.3 is 0 Å². The average molecular weight is 314 g/mol. The van der Waals surface area contributed by atoms with E-state index in [0.717, 1.165) is 37.8 Å². The number of nitrogens with zero attached hydrogens (tertiary/aromatic N) is 4. The maximum Gasteiger partial charge on any atom is 0.150 e. The fraction of sp³-hybridized carbons (Fsp3) is 0.467. The molecule has 0 bridgehead atoms. The number of piperidine rings is 1. The fourth-order valence-corrected chi connectivity index (χ4v) is 2.63. The van der Waals surface area contributed by atoms with Crippen LogP contribution in [0.1, 0.15) is 19.3 Å². The molecule has 8 heteroatoms. The van der Waals surface area contributed by atoms with Gasteiger partial charge in [-0.25, -0.2) is 19.9 Å². The van der Waals surface area contributed by atoms with Crippen LogP contribution in [-0.2, 0) is 0 Å². The summed E-state index contributed by atoms with van der Waals surface area (Å²) in [4.78, 5) is 16.6. The Balaban J connectivity index is 1.51. The lowest BCUT2D eigenvalue weighted by Gasteiger charge is -2.22. The summed E-state index contributed by atoms with van der Waals surface area (Å²) in [7, 11) is 0. The summed E-state index contributed by atoms with van der Waals surface area (Å²) in [5.74, 6) is 3.26. The summed E-state index contributed by atoms with van der Waals surface area (Å²) in [6, 6.07) is 1.86. The Morgan fingerprint density at radius 3 is 2.65 bits per heavy atom. The van der Waals surface area contributed by atoms with Crippen molar-refractivity contribution in [3.63, 3.8) is 0 Å². The van der Waals surface area contributed by atoms with Gasteiger partial charge in [-0.1, -0.05) is 0 Å². The SMILES string of the molecule is Nc1cnc(Nc2cc(NCCC3CCNCC3)ncn2)cn1. The fourth-order valence-electron chi connectivity index (χ4n) is 2.63. The monoisotopic (exact) mass is 314 g/mol. The maximum absolute atomic E-state index is 5.52. The Morgan fingerprint density at radius 2 is 1.87 bits per heavy atom. The molecule has 3 heterocycles. The maximum atomic E-state index is 5.52. The number of hydrogen-bond acceptors (Lipinski definition) is 8. The lowest BCUT2D eigenvalue weighted by atomic mass is 9.95. The van der Waals surface area contributed by atoms with Crippen molar-refractivity contribution in [3.05, 3.63) is 24.8 Å². The Labute approximate surface area is 135 Å². The summed E-state index contributed by atoms with van der Waals surface area (Å²) in [5, 5.41) is 9.83. The summed E-state index contributed by atoms with van der Waals surface area (Å²) in [5.41, 5.74) is 5.52. The first-order valence-corrected chi connectivity index (χ1v) is 7.91. The van der Waals surface area contributed by atoms with Gasteiger partial charge in [0, 0.05) is 12.6 Å². The van der Waals surface area contributed by atoms with Crippen molar-refractivity contribution >= 4 is 23.3 Å². The molecule has 122 valence electrons. The average Bonchev–Trinajstić information content (AvgIpc) is 2.58. The van der Waals surface area contributed by atoms with Crippen LogP contribution in [0, 0.1) is 5.92 Å². The van der Waals surface area contributed by atoms with Crippen molar-refractivity contribution in [2.45, 2.75) is 19.3 Å². The molecule has 1 fully saturated rings. The van der Waals surface area contributed by atoms with Crippen molar-refractivity contribution < 1.29 is 0 Å². The van der Waals surface area contributed by atoms with Gasteiger partial charge in [-0.05, 0) is 38.3 Å². The first-order chi connectivity index (χ1) is 11.3. The van der Waals surface area contributed by atoms with Crippen LogP contribution in [0.15, 0.2) is 24.8 Å². The van der Waals surface area contributed by atoms with Gasteiger partial charge in [0.15, 0.2) is 0 Å². The van der Waals surface area contributed by atoms with E-state index in [1.165, 1.54) is 25.4 Å². The summed E-state index contributed by atoms with van der Waals surface area (Å²) >= 11 is 0. The zero-order valence-electron chi connectivity index (χ0n) is 13.0. The second-order valence-electron chi connectivity index (χ2n) is 5.65. The van der Waals surface area contributed by atoms with Crippen molar-refractivity contribution in [1.29, 1.82) is 0 Å². The highest BCUT2D eigenvalue weighted by atomic mass is 15.1. The first-order valence-electron chi connectivity index (χ1n) is 7.91. The Hall–Kier alpha value is -2.48. The van der Waals surface area contributed by atoms with E-state index in [1.807, 2.05) is 6.07 Å². The predicted molar refractivity (Wildman–Crippen MR) is 90.5 cm³/mol. The van der Waals surface area contributed by atoms with E-state index in [9.17, 15) is 0 Å². The van der Waals surface area contributed by atoms with E-state index >= 15 is 0 Å². The van der Waals surface area contributed by atoms with E-state index in [0.29, 0.717) is 17.5 Å². The minimum atomic E-state index is 0.388. The molecule has 1 aliphatic rings. The van der Waals surface area contributed by atoms with Crippen molar-refractivity contribution in [2.24, 2.45) is 5.92 Å². The van der Waals surface area contributed by atoms with Gasteiger partial charge in [-0.3, -0.25) is 0 Å². The van der Waals surface area contributed by atoms with Crippen LogP contribution in [0.5, 0.6) is 0 Å². The van der Waals surface area contributed by atoms with Gasteiger partial charge in [0.25, 0.3) is 0 Å². The highest BCUT2D eigenvalue weighted by Crippen LogP contribution is 2.17. The van der Waals surface area contributed by atoms with Crippen LogP contribution in [-0.4, -0.2) is 39.6 Å². The van der Waals surface area contributed by atoms with Gasteiger partial charge in [0.2, 0.25) is 0 Å². The number of nitrogens with one attached hydrogen (secondary N) is 3. The molecule has 0 spiro atoms. The number of hydrogen-bond donors (Lipinski definition) is 4. The molecule has 2 aromatic heterocycles. The summed E-state index contributed by atoms with van der Waals surface area (Å²) in [6.45, 7) is 3.19. The number of rotatable bonds is 6. The van der Waals surface area contributed by atoms with Gasteiger partial charge in [0.1, 0.15) is 29.6 Å². The summed E-state index contributed by atoms with van der Waals surface area (Å²) < 4.78 is 0. The van der Waals surface area contributed by atoms with Crippen LogP contribution in [0.25, 0.3) is 0 Å². The topological polar surface area (TPSA) is 114 Å². The Kier molecular flexibility index (Phi) is 5.15. The quantitative estimate of drug-likeness (QED) is 0.632. The second-order valence-corrected chi connectivity index (χ2v) is 5.65. The van der Waals surface area contributed by atoms with E-state index in [-0.39, 0.29) is 0 Å². The molecule has 0 amide bonds. The van der Waals surface area contributed by atoms with E-state index < -0.39 is 0 Å². The van der Waals surface area contributed by atoms with E-state index in [1.54, 1.807) is 6.20 Å². The summed E-state index contributed by atoms with van der Waals surface area (Å²) in [6.07, 6.45) is 8.28. The lowest BCUT2D eigenvalue weighted by molar-refractivity contribution is 0.361. The van der Waals surface area contributed by atoms with E-state index in [4.69, 9.17) is 5.73 Å². The first kappa shape index (κ1) is 15.4. The molecule has 0 radical (unpaired) electrons. The molecule has 2 aromatic rings. The standard InChI is InChI=1S/C15H22N8/c16-12-8-20-15(9-19-12)23-14-7-13(21-10-22-14)18-6-3-11-1-4-17-5-2-11/h7-11,17H,1-6H2,(H2,16,19)(H2,18,20,21,22,23). The molecule has 0 saturated carbocycles. The highest BCUT2D eigenvalue weighted by molar-refractivity contribution is 5.55.